The predicted molar refractivity (Wildman–Crippen MR) is 154 cm³/mol. The van der Waals surface area contributed by atoms with Crippen molar-refractivity contribution in [2.75, 3.05) is 39.1 Å². The van der Waals surface area contributed by atoms with Crippen molar-refractivity contribution in [3.63, 3.8) is 0 Å². The first-order chi connectivity index (χ1) is 20.1. The lowest BCUT2D eigenvalue weighted by molar-refractivity contribution is -0.142. The number of halogens is 2. The molecule has 1 atom stereocenters. The van der Waals surface area contributed by atoms with Crippen LogP contribution in [0.4, 0.5) is 11.4 Å². The van der Waals surface area contributed by atoms with Crippen LogP contribution in [-0.2, 0) is 14.3 Å². The molecular weight excluding hydrogens is 593 g/mol. The summed E-state index contributed by atoms with van der Waals surface area (Å²) in [5.74, 6) is -1.64. The Labute approximate surface area is 250 Å². The minimum absolute atomic E-state index is 0.00428. The molecule has 4 rings (SSSR count). The molecule has 0 unspecified atom stereocenters. The van der Waals surface area contributed by atoms with Crippen molar-refractivity contribution in [2.45, 2.75) is 12.5 Å². The summed E-state index contributed by atoms with van der Waals surface area (Å²) in [6, 6.07) is 8.84. The van der Waals surface area contributed by atoms with Gasteiger partial charge in [0, 0.05) is 15.6 Å². The van der Waals surface area contributed by atoms with E-state index >= 15 is 0 Å². The number of carbonyl (C=O) groups excluding carboxylic acids is 4. The maximum absolute atomic E-state index is 13.5. The van der Waals surface area contributed by atoms with Gasteiger partial charge in [-0.15, -0.1) is 0 Å². The molecule has 12 nitrogen and oxygen atoms in total. The van der Waals surface area contributed by atoms with Gasteiger partial charge >= 0.3 is 5.97 Å². The molecule has 3 N–H and O–H groups in total. The van der Waals surface area contributed by atoms with Crippen LogP contribution in [0.5, 0.6) is 28.7 Å². The number of fused-ring (bicyclic) bond motifs is 1. The first-order valence-corrected chi connectivity index (χ1v) is 12.9. The number of benzene rings is 3. The van der Waals surface area contributed by atoms with Gasteiger partial charge in [0.1, 0.15) is 11.8 Å². The third-order valence-corrected chi connectivity index (χ3v) is 6.52. The summed E-state index contributed by atoms with van der Waals surface area (Å²) >= 11 is 12.3. The van der Waals surface area contributed by atoms with Crippen molar-refractivity contribution in [1.29, 1.82) is 0 Å². The van der Waals surface area contributed by atoms with Crippen molar-refractivity contribution in [1.82, 2.24) is 5.32 Å². The standard InChI is InChI=1S/C28H25Cl2N3O9/c1-38-22-5-13(6-23(39-2)25(22)41-4)26(35)32-19-11-18-17(10-21(19)42-16-8-14(29)7-15(30)9-16)27(36)33-20(28(37)31-18)12-24(34)40-3/h5-11,20H,12H2,1-4H3,(H,31,37)(H,32,35)(H,33,36)/t20-/m0/s1. The quantitative estimate of drug-likeness (QED) is 0.291. The molecule has 0 saturated heterocycles. The molecule has 0 aliphatic carbocycles. The van der Waals surface area contributed by atoms with E-state index in [0.717, 1.165) is 0 Å². The number of esters is 1. The molecule has 3 aromatic carbocycles. The van der Waals surface area contributed by atoms with Gasteiger partial charge < -0.3 is 39.6 Å². The van der Waals surface area contributed by atoms with E-state index in [1.165, 1.54) is 70.9 Å². The number of nitrogens with one attached hydrogen (secondary N) is 3. The Hall–Kier alpha value is -4.68. The van der Waals surface area contributed by atoms with Crippen LogP contribution in [0.1, 0.15) is 27.1 Å². The second-order valence-electron chi connectivity index (χ2n) is 8.76. The Morgan fingerprint density at radius 1 is 0.857 bits per heavy atom. The Bertz CT molecular complexity index is 1530. The van der Waals surface area contributed by atoms with Crippen LogP contribution in [0.2, 0.25) is 10.0 Å². The lowest BCUT2D eigenvalue weighted by atomic mass is 10.1. The number of hydrogen-bond donors (Lipinski definition) is 3. The lowest BCUT2D eigenvalue weighted by Crippen LogP contribution is -2.42. The van der Waals surface area contributed by atoms with Crippen molar-refractivity contribution >= 4 is 58.3 Å². The molecule has 0 fully saturated rings. The number of rotatable bonds is 9. The fourth-order valence-electron chi connectivity index (χ4n) is 4.09. The third-order valence-electron chi connectivity index (χ3n) is 6.08. The molecule has 3 aromatic rings. The topological polar surface area (TPSA) is 151 Å². The van der Waals surface area contributed by atoms with Crippen LogP contribution in [0.15, 0.2) is 42.5 Å². The summed E-state index contributed by atoms with van der Waals surface area (Å²) < 4.78 is 26.6. The van der Waals surface area contributed by atoms with Crippen LogP contribution >= 0.6 is 23.2 Å². The molecule has 0 spiro atoms. The van der Waals surface area contributed by atoms with E-state index in [0.29, 0.717) is 5.75 Å². The first-order valence-electron chi connectivity index (χ1n) is 12.2. The Morgan fingerprint density at radius 2 is 1.50 bits per heavy atom. The number of hydrogen-bond acceptors (Lipinski definition) is 9. The van der Waals surface area contributed by atoms with E-state index in [9.17, 15) is 19.2 Å². The zero-order valence-electron chi connectivity index (χ0n) is 22.8. The summed E-state index contributed by atoms with van der Waals surface area (Å²) in [5.41, 5.74) is 0.269. The summed E-state index contributed by atoms with van der Waals surface area (Å²) in [4.78, 5) is 51.2. The molecule has 0 saturated carbocycles. The molecule has 3 amide bonds. The maximum atomic E-state index is 13.5. The summed E-state index contributed by atoms with van der Waals surface area (Å²) in [6.07, 6.45) is -0.392. The van der Waals surface area contributed by atoms with Gasteiger partial charge in [-0.3, -0.25) is 19.2 Å². The molecule has 0 bridgehead atoms. The van der Waals surface area contributed by atoms with E-state index in [1.54, 1.807) is 0 Å². The Kier molecular flexibility index (Phi) is 9.28. The summed E-state index contributed by atoms with van der Waals surface area (Å²) in [7, 11) is 5.42. The van der Waals surface area contributed by atoms with Gasteiger partial charge in [-0.25, -0.2) is 0 Å². The molecule has 1 aliphatic heterocycles. The van der Waals surface area contributed by atoms with Gasteiger partial charge in [0.25, 0.3) is 11.8 Å². The number of amides is 3. The average molecular weight is 618 g/mol. The van der Waals surface area contributed by atoms with Gasteiger partial charge in [0.15, 0.2) is 17.2 Å². The average Bonchev–Trinajstić information content (AvgIpc) is 3.06. The highest BCUT2D eigenvalue weighted by atomic mass is 35.5. The SMILES string of the molecule is COC(=O)C[C@@H]1NC(=O)c2cc(Oc3cc(Cl)cc(Cl)c3)c(NC(=O)c3cc(OC)c(OC)c(OC)c3)cc2NC1=O. The maximum Gasteiger partial charge on any atom is 0.308 e. The minimum Gasteiger partial charge on any atom is -0.493 e. The predicted octanol–water partition coefficient (Wildman–Crippen LogP) is 4.68. The highest BCUT2D eigenvalue weighted by Gasteiger charge is 2.31. The van der Waals surface area contributed by atoms with Crippen molar-refractivity contribution in [2.24, 2.45) is 0 Å². The van der Waals surface area contributed by atoms with Crippen LogP contribution < -0.4 is 34.9 Å². The van der Waals surface area contributed by atoms with Crippen molar-refractivity contribution < 1.29 is 42.9 Å². The third kappa shape index (κ3) is 6.61. The Morgan fingerprint density at radius 3 is 2.07 bits per heavy atom. The second kappa shape index (κ2) is 12.9. The van der Waals surface area contributed by atoms with Gasteiger partial charge in [-0.2, -0.15) is 0 Å². The molecule has 1 aliphatic rings. The van der Waals surface area contributed by atoms with E-state index in [4.69, 9.17) is 42.1 Å². The number of methoxy groups -OCH3 is 4. The largest absolute Gasteiger partial charge is 0.493 e. The monoisotopic (exact) mass is 617 g/mol. The van der Waals surface area contributed by atoms with Crippen LogP contribution in [0.3, 0.4) is 0 Å². The highest BCUT2D eigenvalue weighted by Crippen LogP contribution is 2.40. The van der Waals surface area contributed by atoms with Gasteiger partial charge in [0.2, 0.25) is 11.7 Å². The van der Waals surface area contributed by atoms with Gasteiger partial charge in [-0.1, -0.05) is 23.2 Å². The Balaban J connectivity index is 1.78. The van der Waals surface area contributed by atoms with Crippen molar-refractivity contribution in [3.05, 3.63) is 63.6 Å². The van der Waals surface area contributed by atoms with E-state index < -0.39 is 36.2 Å². The van der Waals surface area contributed by atoms with E-state index in [2.05, 4.69) is 20.7 Å². The zero-order chi connectivity index (χ0) is 30.6. The van der Waals surface area contributed by atoms with Gasteiger partial charge in [-0.05, 0) is 42.5 Å². The molecule has 1 heterocycles. The normalized spacial score (nSPS) is 14.0. The van der Waals surface area contributed by atoms with E-state index in [1.807, 2.05) is 0 Å². The molecule has 220 valence electrons. The van der Waals surface area contributed by atoms with Crippen molar-refractivity contribution in [3.8, 4) is 28.7 Å². The number of anilines is 2. The lowest BCUT2D eigenvalue weighted by Gasteiger charge is -2.17. The molecular formula is C28H25Cl2N3O9. The molecule has 0 aromatic heterocycles. The first kappa shape index (κ1) is 30.3. The number of ether oxygens (including phenoxy) is 5. The van der Waals surface area contributed by atoms with Gasteiger partial charge in [0.05, 0.1) is 51.8 Å². The summed E-state index contributed by atoms with van der Waals surface area (Å²) in [5, 5.41) is 8.41. The molecule has 42 heavy (non-hydrogen) atoms. The smallest absolute Gasteiger partial charge is 0.308 e. The summed E-state index contributed by atoms with van der Waals surface area (Å²) in [6.45, 7) is 0. The molecule has 14 heteroatoms. The highest BCUT2D eigenvalue weighted by molar-refractivity contribution is 6.34. The van der Waals surface area contributed by atoms with Crippen LogP contribution in [0, 0.1) is 0 Å². The van der Waals surface area contributed by atoms with E-state index in [-0.39, 0.29) is 55.5 Å². The fraction of sp³-hybridized carbons (Fsp3) is 0.214. The minimum atomic E-state index is -1.20. The van der Waals surface area contributed by atoms with Crippen LogP contribution in [0.25, 0.3) is 0 Å². The van der Waals surface area contributed by atoms with Crippen LogP contribution in [-0.4, -0.2) is 58.2 Å². The second-order valence-corrected chi connectivity index (χ2v) is 9.64. The fourth-order valence-corrected chi connectivity index (χ4v) is 4.60. The number of carbonyl (C=O) groups is 4. The molecule has 0 radical (unpaired) electrons. The zero-order valence-corrected chi connectivity index (χ0v) is 24.3.